The number of guanidine groups is 1. The number of nitrogens with zero attached hydrogens (tertiary/aromatic N) is 1. The van der Waals surface area contributed by atoms with E-state index in [-0.39, 0.29) is 35.2 Å². The summed E-state index contributed by atoms with van der Waals surface area (Å²) in [6.07, 6.45) is 0.0595. The van der Waals surface area contributed by atoms with Crippen LogP contribution in [0.25, 0.3) is 0 Å². The predicted octanol–water partition coefficient (Wildman–Crippen LogP) is 0.793. The highest BCUT2D eigenvalue weighted by atomic mass is 16.6. The summed E-state index contributed by atoms with van der Waals surface area (Å²) in [4.78, 5) is 51.8. The van der Waals surface area contributed by atoms with E-state index in [4.69, 9.17) is 26.0 Å². The minimum Gasteiger partial charge on any atom is -0.489 e. The van der Waals surface area contributed by atoms with Crippen LogP contribution in [0.2, 0.25) is 0 Å². The first-order valence-electron chi connectivity index (χ1n) is 10.1. The van der Waals surface area contributed by atoms with Crippen molar-refractivity contribution in [3.05, 3.63) is 53.1 Å². The van der Waals surface area contributed by atoms with Crippen LogP contribution in [-0.2, 0) is 16.0 Å². The second kappa shape index (κ2) is 10.3. The summed E-state index contributed by atoms with van der Waals surface area (Å²) in [5.74, 6) is -4.73. The Balaban J connectivity index is 1.93. The average molecular weight is 470 g/mol. The number of carboxylic acids is 2. The van der Waals surface area contributed by atoms with Crippen molar-refractivity contribution < 1.29 is 38.9 Å². The molecular formula is C22H22N4O8. The zero-order chi connectivity index (χ0) is 24.8. The lowest BCUT2D eigenvalue weighted by atomic mass is 10.0. The van der Waals surface area contributed by atoms with E-state index >= 15 is 0 Å². The molecule has 34 heavy (non-hydrogen) atoms. The second-order valence-corrected chi connectivity index (χ2v) is 7.31. The lowest BCUT2D eigenvalue weighted by molar-refractivity contribution is -0.145. The number of ether oxygens (including phenoxy) is 2. The van der Waals surface area contributed by atoms with Crippen LogP contribution in [0.5, 0.6) is 11.5 Å². The molecule has 0 fully saturated rings. The van der Waals surface area contributed by atoms with Crippen molar-refractivity contribution in [2.75, 3.05) is 6.61 Å². The number of benzene rings is 2. The van der Waals surface area contributed by atoms with Gasteiger partial charge in [-0.2, -0.15) is 0 Å². The Labute approximate surface area is 193 Å². The molecule has 178 valence electrons. The highest BCUT2D eigenvalue weighted by Gasteiger charge is 2.27. The molecule has 2 aromatic carbocycles. The number of carbonyl (C=O) groups is 4. The van der Waals surface area contributed by atoms with Gasteiger partial charge in [-0.25, -0.2) is 14.6 Å². The Kier molecular flexibility index (Phi) is 7.31. The smallest absolute Gasteiger partial charge is 0.343 e. The van der Waals surface area contributed by atoms with E-state index in [0.29, 0.717) is 24.1 Å². The zero-order valence-corrected chi connectivity index (χ0v) is 17.8. The molecule has 1 atom stereocenters. The quantitative estimate of drug-likeness (QED) is 0.174. The molecule has 1 amide bonds. The van der Waals surface area contributed by atoms with Crippen molar-refractivity contribution in [3.63, 3.8) is 0 Å². The summed E-state index contributed by atoms with van der Waals surface area (Å²) >= 11 is 0. The van der Waals surface area contributed by atoms with Crippen LogP contribution >= 0.6 is 0 Å². The van der Waals surface area contributed by atoms with Crippen molar-refractivity contribution in [1.29, 1.82) is 0 Å². The Morgan fingerprint density at radius 1 is 1.15 bits per heavy atom. The molecular weight excluding hydrogens is 448 g/mol. The SMILES string of the molecule is NC(N)=Nc1ccc2c(c1)CCCOc1c(cccc1C(=O)N[C@@H](CC(=O)O)C(=O)O)OC2=O. The number of hydrogen-bond acceptors (Lipinski definition) is 7. The Morgan fingerprint density at radius 3 is 2.59 bits per heavy atom. The third-order valence-electron chi connectivity index (χ3n) is 4.81. The molecule has 0 aliphatic carbocycles. The normalized spacial score (nSPS) is 13.7. The number of rotatable bonds is 6. The molecule has 0 bridgehead atoms. The van der Waals surface area contributed by atoms with Crippen LogP contribution < -0.4 is 26.3 Å². The number of aliphatic imine (C=N–C) groups is 1. The van der Waals surface area contributed by atoms with Gasteiger partial charge in [0.1, 0.15) is 6.04 Å². The van der Waals surface area contributed by atoms with E-state index in [9.17, 15) is 24.3 Å². The number of fused-ring (bicyclic) bond motifs is 2. The van der Waals surface area contributed by atoms with Crippen molar-refractivity contribution in [2.45, 2.75) is 25.3 Å². The molecule has 12 heteroatoms. The highest BCUT2D eigenvalue weighted by molar-refractivity contribution is 6.01. The van der Waals surface area contributed by atoms with E-state index in [1.165, 1.54) is 24.3 Å². The van der Waals surface area contributed by atoms with Crippen LogP contribution in [0.3, 0.4) is 0 Å². The van der Waals surface area contributed by atoms with E-state index in [1.807, 2.05) is 0 Å². The van der Waals surface area contributed by atoms with Gasteiger partial charge in [0.2, 0.25) is 0 Å². The molecule has 12 nitrogen and oxygen atoms in total. The third kappa shape index (κ3) is 5.79. The first-order chi connectivity index (χ1) is 16.2. The van der Waals surface area contributed by atoms with E-state index in [2.05, 4.69) is 10.3 Å². The molecule has 0 radical (unpaired) electrons. The molecule has 7 N–H and O–H groups in total. The molecule has 0 saturated heterocycles. The van der Waals surface area contributed by atoms with Crippen molar-refractivity contribution in [1.82, 2.24) is 5.32 Å². The van der Waals surface area contributed by atoms with Gasteiger partial charge in [-0.1, -0.05) is 6.07 Å². The molecule has 1 aliphatic rings. The molecule has 3 rings (SSSR count). The Bertz CT molecular complexity index is 1170. The van der Waals surface area contributed by atoms with Gasteiger partial charge >= 0.3 is 17.9 Å². The fourth-order valence-corrected chi connectivity index (χ4v) is 3.33. The molecule has 1 aliphatic heterocycles. The van der Waals surface area contributed by atoms with Crippen LogP contribution in [0.1, 0.15) is 39.1 Å². The van der Waals surface area contributed by atoms with Gasteiger partial charge in [0.15, 0.2) is 17.5 Å². The standard InChI is InChI=1S/C22H22N4O8/c23-22(24)25-12-6-7-13-11(9-12)3-2-8-33-18-14(4-1-5-16(18)34-21(13)32)19(29)26-15(20(30)31)10-17(27)28/h1,4-7,9,15H,2-3,8,10H2,(H,26,29)(H,27,28)(H,30,31)(H4,23,24,25)/t15-/m0/s1. The summed E-state index contributed by atoms with van der Waals surface area (Å²) in [5.41, 5.74) is 12.1. The maximum atomic E-state index is 12.9. The lowest BCUT2D eigenvalue weighted by Crippen LogP contribution is -2.42. The first kappa shape index (κ1) is 24.0. The number of aliphatic carboxylic acids is 2. The number of nitrogens with two attached hydrogens (primary N) is 2. The molecule has 0 spiro atoms. The number of para-hydroxylation sites is 1. The maximum Gasteiger partial charge on any atom is 0.343 e. The number of aryl methyl sites for hydroxylation is 1. The fraction of sp³-hybridized carbons (Fsp3) is 0.227. The Morgan fingerprint density at radius 2 is 1.91 bits per heavy atom. The van der Waals surface area contributed by atoms with Gasteiger partial charge in [0, 0.05) is 0 Å². The molecule has 0 unspecified atom stereocenters. The molecule has 2 aromatic rings. The summed E-state index contributed by atoms with van der Waals surface area (Å²) < 4.78 is 11.2. The molecule has 0 saturated carbocycles. The minimum absolute atomic E-state index is 0.0519. The zero-order valence-electron chi connectivity index (χ0n) is 17.8. The van der Waals surface area contributed by atoms with Gasteiger partial charge < -0.3 is 36.5 Å². The number of esters is 1. The number of carboxylic acid groups (broad SMARTS) is 2. The first-order valence-corrected chi connectivity index (χ1v) is 10.1. The van der Waals surface area contributed by atoms with E-state index in [0.717, 1.165) is 0 Å². The van der Waals surface area contributed by atoms with Gasteiger partial charge in [0.25, 0.3) is 5.91 Å². The highest BCUT2D eigenvalue weighted by Crippen LogP contribution is 2.34. The van der Waals surface area contributed by atoms with Crippen LogP contribution in [0, 0.1) is 0 Å². The fourth-order valence-electron chi connectivity index (χ4n) is 3.33. The van der Waals surface area contributed by atoms with Crippen LogP contribution in [0.15, 0.2) is 41.4 Å². The number of hydrogen-bond donors (Lipinski definition) is 5. The minimum atomic E-state index is -1.66. The van der Waals surface area contributed by atoms with Gasteiger partial charge in [-0.15, -0.1) is 0 Å². The van der Waals surface area contributed by atoms with Crippen molar-refractivity contribution in [2.24, 2.45) is 16.5 Å². The summed E-state index contributed by atoms with van der Waals surface area (Å²) in [6, 6.07) is 7.29. The maximum absolute atomic E-state index is 12.9. The summed E-state index contributed by atoms with van der Waals surface area (Å²) in [6.45, 7) is 0.137. The summed E-state index contributed by atoms with van der Waals surface area (Å²) in [5, 5.41) is 20.2. The average Bonchev–Trinajstić information content (AvgIpc) is 2.75. The van der Waals surface area contributed by atoms with Crippen LogP contribution in [0.4, 0.5) is 5.69 Å². The monoisotopic (exact) mass is 470 g/mol. The van der Waals surface area contributed by atoms with E-state index < -0.39 is 36.3 Å². The van der Waals surface area contributed by atoms with Crippen LogP contribution in [-0.4, -0.2) is 52.6 Å². The topological polar surface area (TPSA) is 204 Å². The third-order valence-corrected chi connectivity index (χ3v) is 4.81. The van der Waals surface area contributed by atoms with Gasteiger partial charge in [0.05, 0.1) is 29.8 Å². The van der Waals surface area contributed by atoms with Gasteiger partial charge in [-0.05, 0) is 48.7 Å². The lowest BCUT2D eigenvalue weighted by Gasteiger charge is -2.19. The van der Waals surface area contributed by atoms with Crippen molar-refractivity contribution >= 4 is 35.5 Å². The van der Waals surface area contributed by atoms with E-state index in [1.54, 1.807) is 12.1 Å². The number of nitrogens with one attached hydrogen (secondary N) is 1. The van der Waals surface area contributed by atoms with Crippen molar-refractivity contribution in [3.8, 4) is 11.5 Å². The molecule has 1 heterocycles. The van der Waals surface area contributed by atoms with Gasteiger partial charge in [-0.3, -0.25) is 9.59 Å². The summed E-state index contributed by atoms with van der Waals surface area (Å²) in [7, 11) is 0. The number of amides is 1. The largest absolute Gasteiger partial charge is 0.489 e. The molecule has 0 aromatic heterocycles. The Hall–Kier alpha value is -4.61. The number of carbonyl (C=O) groups excluding carboxylic acids is 2. The second-order valence-electron chi connectivity index (χ2n) is 7.31. The predicted molar refractivity (Wildman–Crippen MR) is 118 cm³/mol.